The summed E-state index contributed by atoms with van der Waals surface area (Å²) in [5.41, 5.74) is 1.43. The van der Waals surface area contributed by atoms with Crippen molar-refractivity contribution in [2.75, 3.05) is 6.54 Å². The molecule has 0 spiro atoms. The number of aliphatic hydroxyl groups excluding tert-OH is 1. The van der Waals surface area contributed by atoms with Crippen LogP contribution in [0.2, 0.25) is 0 Å². The van der Waals surface area contributed by atoms with Gasteiger partial charge < -0.3 is 15.7 Å². The van der Waals surface area contributed by atoms with Crippen LogP contribution < -0.4 is 10.6 Å². The molecule has 0 saturated carbocycles. The Morgan fingerprint density at radius 2 is 1.83 bits per heavy atom. The second-order valence-corrected chi connectivity index (χ2v) is 5.59. The minimum atomic E-state index is -0.958. The first-order valence-corrected chi connectivity index (χ1v) is 7.67. The molecule has 2 amide bonds. The van der Waals surface area contributed by atoms with Crippen LogP contribution in [-0.4, -0.2) is 23.8 Å². The van der Waals surface area contributed by atoms with Crippen molar-refractivity contribution in [2.45, 2.75) is 25.5 Å². The van der Waals surface area contributed by atoms with Gasteiger partial charge in [0.1, 0.15) is 0 Å². The van der Waals surface area contributed by atoms with E-state index in [1.807, 2.05) is 30.3 Å². The molecule has 0 heterocycles. The Balaban J connectivity index is 1.79. The molecule has 2 aromatic rings. The number of hydrogen-bond acceptors (Lipinski definition) is 2. The lowest BCUT2D eigenvalue weighted by Crippen LogP contribution is -2.41. The van der Waals surface area contributed by atoms with Crippen molar-refractivity contribution in [3.63, 3.8) is 0 Å². The molecule has 2 rings (SSSR count). The van der Waals surface area contributed by atoms with Crippen LogP contribution in [0, 0.1) is 11.6 Å². The number of carbonyl (C=O) groups is 1. The summed E-state index contributed by atoms with van der Waals surface area (Å²) in [7, 11) is 0. The van der Waals surface area contributed by atoms with Gasteiger partial charge in [0.05, 0.1) is 12.1 Å². The number of halogens is 2. The zero-order chi connectivity index (χ0) is 17.5. The van der Waals surface area contributed by atoms with Crippen LogP contribution in [0.25, 0.3) is 0 Å². The van der Waals surface area contributed by atoms with Gasteiger partial charge in [-0.05, 0) is 30.2 Å². The van der Waals surface area contributed by atoms with E-state index in [0.717, 1.165) is 17.7 Å². The van der Waals surface area contributed by atoms with Crippen LogP contribution in [0.3, 0.4) is 0 Å². The van der Waals surface area contributed by atoms with Gasteiger partial charge in [-0.2, -0.15) is 0 Å². The van der Waals surface area contributed by atoms with Crippen LogP contribution >= 0.6 is 0 Å². The molecule has 0 aromatic heterocycles. The number of benzene rings is 2. The van der Waals surface area contributed by atoms with Gasteiger partial charge in [-0.1, -0.05) is 36.4 Å². The third-order valence-corrected chi connectivity index (χ3v) is 3.60. The Bertz CT molecular complexity index is 680. The summed E-state index contributed by atoms with van der Waals surface area (Å²) in [6, 6.07) is 11.9. The third-order valence-electron chi connectivity index (χ3n) is 3.60. The van der Waals surface area contributed by atoms with Crippen LogP contribution in [-0.2, 0) is 6.42 Å². The normalized spacial score (nSPS) is 13.2. The quantitative estimate of drug-likeness (QED) is 0.761. The highest BCUT2D eigenvalue weighted by atomic mass is 19.2. The van der Waals surface area contributed by atoms with Crippen LogP contribution in [0.4, 0.5) is 13.6 Å². The van der Waals surface area contributed by atoms with Crippen molar-refractivity contribution in [3.8, 4) is 0 Å². The maximum absolute atomic E-state index is 13.2. The zero-order valence-electron chi connectivity index (χ0n) is 13.3. The molecule has 128 valence electrons. The summed E-state index contributed by atoms with van der Waals surface area (Å²) in [4.78, 5) is 11.8. The molecule has 0 bridgehead atoms. The van der Waals surface area contributed by atoms with Crippen LogP contribution in [0.1, 0.15) is 24.1 Å². The van der Waals surface area contributed by atoms with Crippen LogP contribution in [0.15, 0.2) is 48.5 Å². The molecule has 2 aromatic carbocycles. The Morgan fingerprint density at radius 1 is 1.12 bits per heavy atom. The molecule has 4 nitrogen and oxygen atoms in total. The largest absolute Gasteiger partial charge is 0.391 e. The van der Waals surface area contributed by atoms with Crippen molar-refractivity contribution in [3.05, 3.63) is 71.3 Å². The summed E-state index contributed by atoms with van der Waals surface area (Å²) >= 11 is 0. The highest BCUT2D eigenvalue weighted by molar-refractivity contribution is 5.74. The summed E-state index contributed by atoms with van der Waals surface area (Å²) in [6.07, 6.45) is -0.281. The number of rotatable bonds is 6. The molecule has 0 saturated heterocycles. The van der Waals surface area contributed by atoms with E-state index in [9.17, 15) is 18.7 Å². The van der Waals surface area contributed by atoms with Crippen molar-refractivity contribution < 1.29 is 18.7 Å². The van der Waals surface area contributed by atoms with E-state index in [0.29, 0.717) is 12.0 Å². The van der Waals surface area contributed by atoms with Crippen molar-refractivity contribution in [2.24, 2.45) is 0 Å². The smallest absolute Gasteiger partial charge is 0.315 e. The van der Waals surface area contributed by atoms with E-state index < -0.39 is 29.8 Å². The first-order valence-electron chi connectivity index (χ1n) is 7.67. The fourth-order valence-corrected chi connectivity index (χ4v) is 2.28. The number of amides is 2. The molecule has 2 unspecified atom stereocenters. The number of hydrogen-bond donors (Lipinski definition) is 3. The summed E-state index contributed by atoms with van der Waals surface area (Å²) < 4.78 is 26.1. The zero-order valence-corrected chi connectivity index (χ0v) is 13.3. The Hall–Kier alpha value is -2.47. The maximum Gasteiger partial charge on any atom is 0.315 e. The molecular formula is C18H20F2N2O2. The predicted octanol–water partition coefficient (Wildman–Crippen LogP) is 2.93. The summed E-state index contributed by atoms with van der Waals surface area (Å²) in [5.74, 6) is -1.89. The van der Waals surface area contributed by atoms with E-state index in [1.165, 1.54) is 6.07 Å². The average Bonchev–Trinajstić information content (AvgIpc) is 2.56. The molecular weight excluding hydrogens is 314 g/mol. The van der Waals surface area contributed by atoms with Gasteiger partial charge in [0, 0.05) is 13.0 Å². The van der Waals surface area contributed by atoms with E-state index in [2.05, 4.69) is 10.6 Å². The van der Waals surface area contributed by atoms with Gasteiger partial charge in [-0.15, -0.1) is 0 Å². The van der Waals surface area contributed by atoms with Gasteiger partial charge in [0.2, 0.25) is 0 Å². The van der Waals surface area contributed by atoms with Crippen molar-refractivity contribution in [1.82, 2.24) is 10.6 Å². The molecule has 0 radical (unpaired) electrons. The first-order chi connectivity index (χ1) is 11.5. The lowest BCUT2D eigenvalue weighted by Gasteiger charge is -2.17. The average molecular weight is 334 g/mol. The van der Waals surface area contributed by atoms with E-state index in [-0.39, 0.29) is 6.54 Å². The predicted molar refractivity (Wildman–Crippen MR) is 87.5 cm³/mol. The van der Waals surface area contributed by atoms with Gasteiger partial charge in [0.15, 0.2) is 11.6 Å². The molecule has 3 N–H and O–H groups in total. The van der Waals surface area contributed by atoms with E-state index in [1.54, 1.807) is 6.92 Å². The molecule has 0 aliphatic heterocycles. The second kappa shape index (κ2) is 8.40. The molecule has 0 aliphatic rings. The number of aliphatic hydroxyl groups is 1. The minimum Gasteiger partial charge on any atom is -0.391 e. The van der Waals surface area contributed by atoms with Gasteiger partial charge in [-0.25, -0.2) is 13.6 Å². The minimum absolute atomic E-state index is 0.0885. The van der Waals surface area contributed by atoms with Gasteiger partial charge in [0.25, 0.3) is 0 Å². The Morgan fingerprint density at radius 3 is 2.50 bits per heavy atom. The monoisotopic (exact) mass is 334 g/mol. The molecule has 0 aliphatic carbocycles. The molecule has 24 heavy (non-hydrogen) atoms. The summed E-state index contributed by atoms with van der Waals surface area (Å²) in [6.45, 7) is 1.75. The SMILES string of the molecule is CC(NC(=O)NCC(O)Cc1ccccc1)c1ccc(F)c(F)c1. The Labute approximate surface area is 139 Å². The van der Waals surface area contributed by atoms with E-state index in [4.69, 9.17) is 0 Å². The lowest BCUT2D eigenvalue weighted by atomic mass is 10.1. The first kappa shape index (κ1) is 17.9. The van der Waals surface area contributed by atoms with Gasteiger partial charge >= 0.3 is 6.03 Å². The molecule has 0 fully saturated rings. The maximum atomic E-state index is 13.2. The fraction of sp³-hybridized carbons (Fsp3) is 0.278. The highest BCUT2D eigenvalue weighted by Crippen LogP contribution is 2.15. The number of nitrogens with one attached hydrogen (secondary N) is 2. The van der Waals surface area contributed by atoms with E-state index >= 15 is 0 Å². The second-order valence-electron chi connectivity index (χ2n) is 5.59. The number of urea groups is 1. The Kier molecular flexibility index (Phi) is 6.26. The lowest BCUT2D eigenvalue weighted by molar-refractivity contribution is 0.170. The number of carbonyl (C=O) groups excluding carboxylic acids is 1. The highest BCUT2D eigenvalue weighted by Gasteiger charge is 2.13. The fourth-order valence-electron chi connectivity index (χ4n) is 2.28. The topological polar surface area (TPSA) is 61.4 Å². The van der Waals surface area contributed by atoms with Crippen molar-refractivity contribution >= 4 is 6.03 Å². The molecule has 2 atom stereocenters. The summed E-state index contributed by atoms with van der Waals surface area (Å²) in [5, 5.41) is 15.1. The van der Waals surface area contributed by atoms with Crippen molar-refractivity contribution in [1.29, 1.82) is 0 Å². The third kappa shape index (κ3) is 5.31. The standard InChI is InChI=1S/C18H20F2N2O2/c1-12(14-7-8-16(19)17(20)10-14)22-18(24)21-11-15(23)9-13-5-3-2-4-6-13/h2-8,10,12,15,23H,9,11H2,1H3,(H2,21,22,24). The van der Waals surface area contributed by atoms with Gasteiger partial charge in [-0.3, -0.25) is 0 Å². The van der Waals surface area contributed by atoms with Crippen LogP contribution in [0.5, 0.6) is 0 Å². The molecule has 6 heteroatoms.